The number of benzene rings is 2. The van der Waals surface area contributed by atoms with E-state index in [4.69, 9.17) is 0 Å². The van der Waals surface area contributed by atoms with Gasteiger partial charge in [0.2, 0.25) is 17.7 Å². The third-order valence-electron chi connectivity index (χ3n) is 3.94. The summed E-state index contributed by atoms with van der Waals surface area (Å²) < 4.78 is 26.0. The van der Waals surface area contributed by atoms with Gasteiger partial charge in [0, 0.05) is 23.9 Å². The van der Waals surface area contributed by atoms with Crippen LogP contribution in [0.2, 0.25) is 0 Å². The number of hydrogen-bond acceptors (Lipinski definition) is 3. The Morgan fingerprint density at radius 2 is 1.88 bits per heavy atom. The first-order valence-electron chi connectivity index (χ1n) is 7.85. The minimum atomic E-state index is -1.09. The van der Waals surface area contributed by atoms with Crippen LogP contribution in [0, 0.1) is 11.6 Å². The fourth-order valence-corrected chi connectivity index (χ4v) is 2.71. The topological polar surface area (TPSA) is 87.3 Å². The molecule has 1 heterocycles. The number of rotatable bonds is 4. The van der Waals surface area contributed by atoms with Crippen molar-refractivity contribution in [3.05, 3.63) is 59.7 Å². The van der Waals surface area contributed by atoms with Gasteiger partial charge in [-0.2, -0.15) is 0 Å². The van der Waals surface area contributed by atoms with E-state index in [-0.39, 0.29) is 24.6 Å². The van der Waals surface area contributed by atoms with Crippen molar-refractivity contribution in [1.82, 2.24) is 5.32 Å². The van der Waals surface area contributed by atoms with E-state index in [0.717, 1.165) is 12.1 Å². The molecule has 26 heavy (non-hydrogen) atoms. The summed E-state index contributed by atoms with van der Waals surface area (Å²) in [5, 5.41) is 7.51. The second kappa shape index (κ2) is 7.30. The first-order valence-corrected chi connectivity index (χ1v) is 7.85. The molecule has 0 spiro atoms. The van der Waals surface area contributed by atoms with E-state index in [1.807, 2.05) is 0 Å². The Labute approximate surface area is 147 Å². The maximum atomic E-state index is 13.1. The molecule has 1 unspecified atom stereocenters. The van der Waals surface area contributed by atoms with Crippen LogP contribution in [-0.2, 0) is 14.4 Å². The monoisotopic (exact) mass is 359 g/mol. The number of nitrogens with one attached hydrogen (secondary N) is 3. The molecule has 0 aromatic heterocycles. The van der Waals surface area contributed by atoms with Crippen molar-refractivity contribution in [2.75, 3.05) is 17.2 Å². The van der Waals surface area contributed by atoms with Gasteiger partial charge in [-0.1, -0.05) is 18.2 Å². The lowest BCUT2D eigenvalue weighted by Gasteiger charge is -2.24. The summed E-state index contributed by atoms with van der Waals surface area (Å²) in [7, 11) is 0. The van der Waals surface area contributed by atoms with Crippen LogP contribution in [-0.4, -0.2) is 24.3 Å². The van der Waals surface area contributed by atoms with E-state index in [2.05, 4.69) is 16.0 Å². The van der Waals surface area contributed by atoms with Crippen LogP contribution in [0.15, 0.2) is 42.5 Å². The van der Waals surface area contributed by atoms with Gasteiger partial charge < -0.3 is 16.0 Å². The van der Waals surface area contributed by atoms with E-state index in [1.165, 1.54) is 6.07 Å². The zero-order valence-corrected chi connectivity index (χ0v) is 13.5. The van der Waals surface area contributed by atoms with Crippen LogP contribution >= 0.6 is 0 Å². The third kappa shape index (κ3) is 3.85. The minimum absolute atomic E-state index is 0.0202. The maximum Gasteiger partial charge on any atom is 0.243 e. The van der Waals surface area contributed by atoms with E-state index in [9.17, 15) is 23.2 Å². The van der Waals surface area contributed by atoms with Crippen LogP contribution < -0.4 is 16.0 Å². The molecule has 1 aliphatic heterocycles. The summed E-state index contributed by atoms with van der Waals surface area (Å²) in [6.45, 7) is -0.363. The lowest BCUT2D eigenvalue weighted by Crippen LogP contribution is -2.38. The lowest BCUT2D eigenvalue weighted by atomic mass is 9.90. The van der Waals surface area contributed by atoms with Gasteiger partial charge >= 0.3 is 0 Å². The van der Waals surface area contributed by atoms with Gasteiger partial charge in [0.25, 0.3) is 0 Å². The molecule has 3 rings (SSSR count). The molecule has 134 valence electrons. The highest BCUT2D eigenvalue weighted by molar-refractivity contribution is 6.02. The Bertz CT molecular complexity index is 886. The molecule has 0 aliphatic carbocycles. The number of carbonyl (C=O) groups excluding carboxylic acids is 3. The average molecular weight is 359 g/mol. The Balaban J connectivity index is 1.61. The fourth-order valence-electron chi connectivity index (χ4n) is 2.71. The van der Waals surface area contributed by atoms with Gasteiger partial charge in [-0.15, -0.1) is 0 Å². The summed E-state index contributed by atoms with van der Waals surface area (Å²) in [6.07, 6.45) is -0.0202. The van der Waals surface area contributed by atoms with Crippen LogP contribution in [0.4, 0.5) is 20.2 Å². The van der Waals surface area contributed by atoms with Crippen molar-refractivity contribution in [1.29, 1.82) is 0 Å². The zero-order valence-electron chi connectivity index (χ0n) is 13.5. The molecule has 6 nitrogen and oxygen atoms in total. The molecule has 0 fully saturated rings. The van der Waals surface area contributed by atoms with E-state index in [1.54, 1.807) is 24.3 Å². The molecule has 3 amide bonds. The molecule has 0 radical (unpaired) electrons. The van der Waals surface area contributed by atoms with Crippen molar-refractivity contribution >= 4 is 29.1 Å². The number of para-hydroxylation sites is 1. The van der Waals surface area contributed by atoms with Crippen LogP contribution in [0.25, 0.3) is 0 Å². The highest BCUT2D eigenvalue weighted by Crippen LogP contribution is 2.31. The van der Waals surface area contributed by atoms with E-state index in [0.29, 0.717) is 11.3 Å². The number of fused-ring (bicyclic) bond motifs is 1. The predicted octanol–water partition coefficient (Wildman–Crippen LogP) is 2.15. The SMILES string of the molecule is O=C(CNC(=O)C1CC(=O)Nc2ccccc21)Nc1ccc(F)c(F)c1. The number of hydrogen-bond donors (Lipinski definition) is 3. The van der Waals surface area contributed by atoms with Crippen LogP contribution in [0.3, 0.4) is 0 Å². The number of anilines is 2. The zero-order chi connectivity index (χ0) is 18.7. The molecule has 2 aromatic carbocycles. The average Bonchev–Trinajstić information content (AvgIpc) is 2.62. The molecular formula is C18H15F2N3O3. The van der Waals surface area contributed by atoms with Crippen molar-refractivity contribution in [3.8, 4) is 0 Å². The van der Waals surface area contributed by atoms with Crippen molar-refractivity contribution in [2.24, 2.45) is 0 Å². The highest BCUT2D eigenvalue weighted by atomic mass is 19.2. The first-order chi connectivity index (χ1) is 12.4. The molecule has 2 aromatic rings. The van der Waals surface area contributed by atoms with E-state index < -0.39 is 29.4 Å². The van der Waals surface area contributed by atoms with Crippen LogP contribution in [0.1, 0.15) is 17.9 Å². The summed E-state index contributed by atoms with van der Waals surface area (Å²) in [4.78, 5) is 36.0. The molecule has 8 heteroatoms. The lowest BCUT2D eigenvalue weighted by molar-refractivity contribution is -0.127. The molecular weight excluding hydrogens is 344 g/mol. The number of amides is 3. The van der Waals surface area contributed by atoms with Gasteiger partial charge in [0.15, 0.2) is 11.6 Å². The molecule has 3 N–H and O–H groups in total. The standard InChI is InChI=1S/C18H15F2N3O3/c19-13-6-5-10(7-14(13)20)22-17(25)9-21-18(26)12-8-16(24)23-15-4-2-1-3-11(12)15/h1-7,12H,8-9H2,(H,21,26)(H,22,25)(H,23,24). The van der Waals surface area contributed by atoms with Crippen molar-refractivity contribution in [2.45, 2.75) is 12.3 Å². The first kappa shape index (κ1) is 17.5. The molecule has 1 aliphatic rings. The Morgan fingerprint density at radius 3 is 2.65 bits per heavy atom. The van der Waals surface area contributed by atoms with Gasteiger partial charge in [-0.05, 0) is 23.8 Å². The third-order valence-corrected chi connectivity index (χ3v) is 3.94. The Morgan fingerprint density at radius 1 is 1.12 bits per heavy atom. The molecule has 0 saturated carbocycles. The van der Waals surface area contributed by atoms with Gasteiger partial charge in [-0.3, -0.25) is 14.4 Å². The Kier molecular flexibility index (Phi) is 4.92. The summed E-state index contributed by atoms with van der Waals surface area (Å²) in [5.74, 6) is -4.15. The quantitative estimate of drug-likeness (QED) is 0.782. The maximum absolute atomic E-state index is 13.1. The normalized spacial score (nSPS) is 15.6. The van der Waals surface area contributed by atoms with E-state index >= 15 is 0 Å². The van der Waals surface area contributed by atoms with Gasteiger partial charge in [0.1, 0.15) is 0 Å². The number of halogens is 2. The molecule has 0 saturated heterocycles. The summed E-state index contributed by atoms with van der Waals surface area (Å²) in [6, 6.07) is 9.88. The summed E-state index contributed by atoms with van der Waals surface area (Å²) >= 11 is 0. The molecule has 0 bridgehead atoms. The largest absolute Gasteiger partial charge is 0.346 e. The minimum Gasteiger partial charge on any atom is -0.346 e. The Hall–Kier alpha value is -3.29. The second-order valence-electron chi connectivity index (χ2n) is 5.79. The predicted molar refractivity (Wildman–Crippen MR) is 90.4 cm³/mol. The fraction of sp³-hybridized carbons (Fsp3) is 0.167. The highest BCUT2D eigenvalue weighted by Gasteiger charge is 2.30. The second-order valence-corrected chi connectivity index (χ2v) is 5.79. The summed E-state index contributed by atoms with van der Waals surface area (Å²) in [5.41, 5.74) is 1.31. The smallest absolute Gasteiger partial charge is 0.243 e. The van der Waals surface area contributed by atoms with Crippen LogP contribution in [0.5, 0.6) is 0 Å². The van der Waals surface area contributed by atoms with Gasteiger partial charge in [0.05, 0.1) is 12.5 Å². The van der Waals surface area contributed by atoms with Crippen molar-refractivity contribution < 1.29 is 23.2 Å². The number of carbonyl (C=O) groups is 3. The van der Waals surface area contributed by atoms with Crippen molar-refractivity contribution in [3.63, 3.8) is 0 Å². The molecule has 1 atom stereocenters. The van der Waals surface area contributed by atoms with Gasteiger partial charge in [-0.25, -0.2) is 8.78 Å².